The summed E-state index contributed by atoms with van der Waals surface area (Å²) in [5, 5.41) is 0. The van der Waals surface area contributed by atoms with Gasteiger partial charge in [0.05, 0.1) is 0 Å². The number of nitrogens with two attached hydrogens (primary N) is 1. The van der Waals surface area contributed by atoms with Gasteiger partial charge in [0.2, 0.25) is 0 Å². The summed E-state index contributed by atoms with van der Waals surface area (Å²) in [6, 6.07) is 0.507. The fourth-order valence-corrected chi connectivity index (χ4v) is 1.71. The van der Waals surface area contributed by atoms with E-state index in [9.17, 15) is 0 Å². The van der Waals surface area contributed by atoms with Crippen LogP contribution in [0.4, 0.5) is 0 Å². The molecule has 0 spiro atoms. The van der Waals surface area contributed by atoms with Crippen LogP contribution in [0.3, 0.4) is 0 Å². The topological polar surface area (TPSA) is 38.0 Å². The van der Waals surface area contributed by atoms with Crippen LogP contribution in [0.2, 0.25) is 0 Å². The lowest BCUT2D eigenvalue weighted by Gasteiger charge is -2.26. The fourth-order valence-electron chi connectivity index (χ4n) is 1.71. The zero-order chi connectivity index (χ0) is 7.78. The highest BCUT2D eigenvalue weighted by Gasteiger charge is 2.45. The van der Waals surface area contributed by atoms with Crippen LogP contribution in [-0.2, 0) is 0 Å². The lowest BCUT2D eigenvalue weighted by molar-refractivity contribution is 0.284. The lowest BCUT2D eigenvalue weighted by Crippen LogP contribution is -2.44. The average molecular weight is 142 g/mol. The van der Waals surface area contributed by atoms with E-state index >= 15 is 0 Å². The molecule has 1 fully saturated rings. The minimum absolute atomic E-state index is 0.503. The normalized spacial score (nSPS) is 24.9. The van der Waals surface area contributed by atoms with Crippen LogP contribution in [0, 0.1) is 11.3 Å². The van der Waals surface area contributed by atoms with Crippen molar-refractivity contribution in [2.45, 2.75) is 39.7 Å². The molecule has 0 aliphatic heterocycles. The Morgan fingerprint density at radius 2 is 1.90 bits per heavy atom. The van der Waals surface area contributed by atoms with Crippen molar-refractivity contribution in [3.63, 3.8) is 0 Å². The molecule has 1 unspecified atom stereocenters. The highest BCUT2D eigenvalue weighted by atomic mass is 15.2. The van der Waals surface area contributed by atoms with Crippen molar-refractivity contribution in [3.8, 4) is 0 Å². The second kappa shape index (κ2) is 2.51. The lowest BCUT2D eigenvalue weighted by atomic mass is 9.90. The average Bonchev–Trinajstić information content (AvgIpc) is 2.49. The maximum atomic E-state index is 5.45. The number of hydrogen-bond acceptors (Lipinski definition) is 2. The van der Waals surface area contributed by atoms with Gasteiger partial charge in [-0.3, -0.25) is 11.3 Å². The third-order valence-corrected chi connectivity index (χ3v) is 2.64. The Hall–Kier alpha value is -0.0800. The van der Waals surface area contributed by atoms with E-state index in [1.54, 1.807) is 0 Å². The Kier molecular flexibility index (Phi) is 2.02. The van der Waals surface area contributed by atoms with Gasteiger partial charge in [0.25, 0.3) is 0 Å². The molecule has 0 saturated heterocycles. The summed E-state index contributed by atoms with van der Waals surface area (Å²) in [5.41, 5.74) is 3.41. The van der Waals surface area contributed by atoms with Crippen molar-refractivity contribution >= 4 is 0 Å². The second-order valence-corrected chi connectivity index (χ2v) is 4.04. The highest BCUT2D eigenvalue weighted by Crippen LogP contribution is 2.49. The SMILES string of the molecule is CC(C)C(NN)C1(C)CC1. The zero-order valence-corrected chi connectivity index (χ0v) is 7.15. The van der Waals surface area contributed by atoms with Crippen molar-refractivity contribution in [2.75, 3.05) is 0 Å². The Balaban J connectivity index is 2.48. The van der Waals surface area contributed by atoms with Crippen molar-refractivity contribution in [1.82, 2.24) is 5.43 Å². The monoisotopic (exact) mass is 142 g/mol. The third-order valence-electron chi connectivity index (χ3n) is 2.64. The second-order valence-electron chi connectivity index (χ2n) is 4.04. The molecule has 0 amide bonds. The van der Waals surface area contributed by atoms with E-state index in [-0.39, 0.29) is 0 Å². The summed E-state index contributed by atoms with van der Waals surface area (Å²) in [6.07, 6.45) is 2.67. The highest BCUT2D eigenvalue weighted by molar-refractivity contribution is 4.98. The number of hydrazine groups is 1. The minimum Gasteiger partial charge on any atom is -0.271 e. The van der Waals surface area contributed by atoms with E-state index in [2.05, 4.69) is 26.2 Å². The van der Waals surface area contributed by atoms with E-state index in [1.165, 1.54) is 12.8 Å². The molecule has 0 radical (unpaired) electrons. The molecule has 3 N–H and O–H groups in total. The largest absolute Gasteiger partial charge is 0.271 e. The molecule has 2 heteroatoms. The standard InChI is InChI=1S/C8H18N2/c1-6(2)7(10-9)8(3)4-5-8/h6-7,10H,4-5,9H2,1-3H3. The smallest absolute Gasteiger partial charge is 0.0287 e. The van der Waals surface area contributed by atoms with Crippen molar-refractivity contribution < 1.29 is 0 Å². The molecule has 0 aromatic heterocycles. The van der Waals surface area contributed by atoms with E-state index in [1.807, 2.05) is 0 Å². The van der Waals surface area contributed by atoms with E-state index < -0.39 is 0 Å². The Labute approximate surface area is 63.1 Å². The molecule has 60 valence electrons. The first-order chi connectivity index (χ1) is 4.60. The molecule has 1 rings (SSSR count). The van der Waals surface area contributed by atoms with Gasteiger partial charge >= 0.3 is 0 Å². The summed E-state index contributed by atoms with van der Waals surface area (Å²) in [6.45, 7) is 6.74. The molecule has 10 heavy (non-hydrogen) atoms. The van der Waals surface area contributed by atoms with Crippen LogP contribution in [0.15, 0.2) is 0 Å². The van der Waals surface area contributed by atoms with Crippen LogP contribution < -0.4 is 11.3 Å². The molecule has 0 heterocycles. The number of nitrogens with one attached hydrogen (secondary N) is 1. The molecule has 2 nitrogen and oxygen atoms in total. The van der Waals surface area contributed by atoms with Crippen molar-refractivity contribution in [1.29, 1.82) is 0 Å². The molecule has 1 saturated carbocycles. The fraction of sp³-hybridized carbons (Fsp3) is 1.00. The van der Waals surface area contributed by atoms with Crippen LogP contribution in [0.5, 0.6) is 0 Å². The van der Waals surface area contributed by atoms with Crippen LogP contribution in [-0.4, -0.2) is 6.04 Å². The quantitative estimate of drug-likeness (QED) is 0.460. The molecule has 0 bridgehead atoms. The van der Waals surface area contributed by atoms with Gasteiger partial charge in [-0.2, -0.15) is 0 Å². The van der Waals surface area contributed by atoms with Gasteiger partial charge < -0.3 is 0 Å². The number of rotatable bonds is 3. The molecular weight excluding hydrogens is 124 g/mol. The van der Waals surface area contributed by atoms with Crippen molar-refractivity contribution in [2.24, 2.45) is 17.2 Å². The Morgan fingerprint density at radius 3 is 2.00 bits per heavy atom. The zero-order valence-electron chi connectivity index (χ0n) is 7.15. The van der Waals surface area contributed by atoms with Gasteiger partial charge in [-0.25, -0.2) is 0 Å². The van der Waals surface area contributed by atoms with Gasteiger partial charge in [-0.1, -0.05) is 20.8 Å². The molecule has 1 aliphatic rings. The minimum atomic E-state index is 0.503. The van der Waals surface area contributed by atoms with Crippen LogP contribution in [0.25, 0.3) is 0 Å². The maximum Gasteiger partial charge on any atom is 0.0287 e. The van der Waals surface area contributed by atoms with Crippen LogP contribution in [0.1, 0.15) is 33.6 Å². The first-order valence-corrected chi connectivity index (χ1v) is 4.06. The molecular formula is C8H18N2. The predicted octanol–water partition coefficient (Wildman–Crippen LogP) is 1.27. The summed E-state index contributed by atoms with van der Waals surface area (Å²) >= 11 is 0. The van der Waals surface area contributed by atoms with Crippen molar-refractivity contribution in [3.05, 3.63) is 0 Å². The van der Waals surface area contributed by atoms with E-state index in [0.717, 1.165) is 0 Å². The maximum absolute atomic E-state index is 5.45. The summed E-state index contributed by atoms with van der Waals surface area (Å²) in [5.74, 6) is 6.10. The number of hydrogen-bond donors (Lipinski definition) is 2. The van der Waals surface area contributed by atoms with E-state index in [4.69, 9.17) is 5.84 Å². The molecule has 0 aromatic carbocycles. The first kappa shape index (κ1) is 8.02. The third kappa shape index (κ3) is 1.32. The summed E-state index contributed by atoms with van der Waals surface area (Å²) < 4.78 is 0. The van der Waals surface area contributed by atoms with Gasteiger partial charge in [0.1, 0.15) is 0 Å². The molecule has 0 aromatic rings. The predicted molar refractivity (Wildman–Crippen MR) is 43.3 cm³/mol. The van der Waals surface area contributed by atoms with Crippen LogP contribution >= 0.6 is 0 Å². The Morgan fingerprint density at radius 1 is 1.40 bits per heavy atom. The van der Waals surface area contributed by atoms with Gasteiger partial charge in [0.15, 0.2) is 0 Å². The van der Waals surface area contributed by atoms with Gasteiger partial charge in [0, 0.05) is 6.04 Å². The summed E-state index contributed by atoms with van der Waals surface area (Å²) in [7, 11) is 0. The summed E-state index contributed by atoms with van der Waals surface area (Å²) in [4.78, 5) is 0. The molecule has 1 aliphatic carbocycles. The van der Waals surface area contributed by atoms with Gasteiger partial charge in [-0.15, -0.1) is 0 Å². The van der Waals surface area contributed by atoms with E-state index in [0.29, 0.717) is 17.4 Å². The molecule has 1 atom stereocenters. The first-order valence-electron chi connectivity index (χ1n) is 4.06. The Bertz CT molecular complexity index is 116. The van der Waals surface area contributed by atoms with Gasteiger partial charge in [-0.05, 0) is 24.2 Å².